The lowest BCUT2D eigenvalue weighted by molar-refractivity contribution is 0.600. The van der Waals surface area contributed by atoms with E-state index in [1.807, 2.05) is 0 Å². The summed E-state index contributed by atoms with van der Waals surface area (Å²) in [6, 6.07) is 3.03. The molecule has 0 radical (unpaired) electrons. The predicted molar refractivity (Wildman–Crippen MR) is 61.5 cm³/mol. The van der Waals surface area contributed by atoms with Crippen LogP contribution in [0.5, 0.6) is 0 Å². The molecule has 17 heavy (non-hydrogen) atoms. The molecule has 0 aliphatic rings. The van der Waals surface area contributed by atoms with Crippen LogP contribution in [0.3, 0.4) is 0 Å². The first kappa shape index (κ1) is 11.6. The van der Waals surface area contributed by atoms with Crippen LogP contribution in [0.15, 0.2) is 35.6 Å². The Morgan fingerprint density at radius 3 is 2.71 bits per heavy atom. The monoisotopic (exact) mass is 253 g/mol. The molecule has 0 aliphatic carbocycles. The van der Waals surface area contributed by atoms with Crippen molar-refractivity contribution in [1.29, 1.82) is 0 Å². The molecule has 0 spiro atoms. The highest BCUT2D eigenvalue weighted by Crippen LogP contribution is 2.13. The van der Waals surface area contributed by atoms with E-state index in [1.165, 1.54) is 24.7 Å². The summed E-state index contributed by atoms with van der Waals surface area (Å²) < 4.78 is 26.1. The van der Waals surface area contributed by atoms with Crippen LogP contribution in [0.25, 0.3) is 0 Å². The molecule has 0 saturated heterocycles. The zero-order valence-corrected chi connectivity index (χ0v) is 9.61. The van der Waals surface area contributed by atoms with Crippen molar-refractivity contribution in [1.82, 2.24) is 15.2 Å². The first-order valence-electron chi connectivity index (χ1n) is 4.78. The SMILES string of the molecule is NCc1ccc(S(=O)(=O)Nc2cn[nH]c2)cn1. The maximum Gasteiger partial charge on any atom is 0.263 e. The van der Waals surface area contributed by atoms with Crippen molar-refractivity contribution in [3.05, 3.63) is 36.4 Å². The Kier molecular flexibility index (Phi) is 3.07. The van der Waals surface area contributed by atoms with Crippen molar-refractivity contribution >= 4 is 15.7 Å². The fourth-order valence-electron chi connectivity index (χ4n) is 1.21. The molecular weight excluding hydrogens is 242 g/mol. The number of H-pyrrole nitrogens is 1. The standard InChI is InChI=1S/C9H11N5O2S/c10-3-7-1-2-9(6-11-7)17(15,16)14-8-4-12-13-5-8/h1-2,4-6,14H,3,10H2,(H,12,13). The highest BCUT2D eigenvalue weighted by molar-refractivity contribution is 7.92. The van der Waals surface area contributed by atoms with Gasteiger partial charge in [0.05, 0.1) is 17.6 Å². The minimum absolute atomic E-state index is 0.0795. The average Bonchev–Trinajstić information content (AvgIpc) is 2.81. The average molecular weight is 253 g/mol. The quantitative estimate of drug-likeness (QED) is 0.713. The van der Waals surface area contributed by atoms with E-state index in [2.05, 4.69) is 19.9 Å². The summed E-state index contributed by atoms with van der Waals surface area (Å²) in [6.45, 7) is 0.273. The second-order valence-corrected chi connectivity index (χ2v) is 4.96. The molecule has 0 unspecified atom stereocenters. The number of nitrogens with one attached hydrogen (secondary N) is 2. The van der Waals surface area contributed by atoms with Crippen LogP contribution in [0.1, 0.15) is 5.69 Å². The van der Waals surface area contributed by atoms with Gasteiger partial charge in [-0.1, -0.05) is 0 Å². The van der Waals surface area contributed by atoms with Crippen molar-refractivity contribution in [2.24, 2.45) is 5.73 Å². The summed E-state index contributed by atoms with van der Waals surface area (Å²) >= 11 is 0. The third-order valence-electron chi connectivity index (χ3n) is 2.07. The van der Waals surface area contributed by atoms with Gasteiger partial charge in [-0.25, -0.2) is 8.42 Å². The fraction of sp³-hybridized carbons (Fsp3) is 0.111. The highest BCUT2D eigenvalue weighted by atomic mass is 32.2. The van der Waals surface area contributed by atoms with Gasteiger partial charge in [-0.05, 0) is 12.1 Å². The van der Waals surface area contributed by atoms with Crippen molar-refractivity contribution < 1.29 is 8.42 Å². The van der Waals surface area contributed by atoms with E-state index in [9.17, 15) is 8.42 Å². The van der Waals surface area contributed by atoms with E-state index < -0.39 is 10.0 Å². The van der Waals surface area contributed by atoms with Crippen LogP contribution in [0.4, 0.5) is 5.69 Å². The van der Waals surface area contributed by atoms with Crippen LogP contribution >= 0.6 is 0 Å². The van der Waals surface area contributed by atoms with Crippen molar-refractivity contribution in [2.45, 2.75) is 11.4 Å². The van der Waals surface area contributed by atoms with E-state index in [4.69, 9.17) is 5.73 Å². The van der Waals surface area contributed by atoms with Crippen molar-refractivity contribution in [3.63, 3.8) is 0 Å². The van der Waals surface area contributed by atoms with E-state index in [0.29, 0.717) is 11.4 Å². The molecular formula is C9H11N5O2S. The molecule has 0 saturated carbocycles. The predicted octanol–water partition coefficient (Wildman–Crippen LogP) is 0.0642. The molecule has 90 valence electrons. The summed E-state index contributed by atoms with van der Waals surface area (Å²) in [7, 11) is -3.62. The lowest BCUT2D eigenvalue weighted by Gasteiger charge is -2.05. The largest absolute Gasteiger partial charge is 0.325 e. The van der Waals surface area contributed by atoms with Crippen molar-refractivity contribution in [2.75, 3.05) is 4.72 Å². The van der Waals surface area contributed by atoms with Gasteiger partial charge in [0.2, 0.25) is 0 Å². The van der Waals surface area contributed by atoms with Gasteiger partial charge in [0, 0.05) is 18.9 Å². The third-order valence-corrected chi connectivity index (χ3v) is 3.43. The first-order chi connectivity index (χ1) is 8.12. The van der Waals surface area contributed by atoms with Gasteiger partial charge >= 0.3 is 0 Å². The van der Waals surface area contributed by atoms with Crippen LogP contribution in [-0.4, -0.2) is 23.6 Å². The van der Waals surface area contributed by atoms with Gasteiger partial charge in [0.15, 0.2) is 0 Å². The number of aromatic amines is 1. The van der Waals surface area contributed by atoms with Gasteiger partial charge in [0.25, 0.3) is 10.0 Å². The molecule has 8 heteroatoms. The van der Waals surface area contributed by atoms with E-state index >= 15 is 0 Å². The Hall–Kier alpha value is -1.93. The maximum atomic E-state index is 11.9. The molecule has 2 aromatic heterocycles. The number of hydrogen-bond acceptors (Lipinski definition) is 5. The number of sulfonamides is 1. The number of aromatic nitrogens is 3. The molecule has 0 aromatic carbocycles. The molecule has 0 atom stereocenters. The highest BCUT2D eigenvalue weighted by Gasteiger charge is 2.14. The second kappa shape index (κ2) is 4.52. The van der Waals surface area contributed by atoms with Gasteiger partial charge in [-0.15, -0.1) is 0 Å². The Balaban J connectivity index is 2.25. The number of pyridine rings is 1. The molecule has 0 amide bonds. The minimum Gasteiger partial charge on any atom is -0.325 e. The number of rotatable bonds is 4. The van der Waals surface area contributed by atoms with Crippen LogP contribution in [0, 0.1) is 0 Å². The third kappa shape index (κ3) is 2.60. The van der Waals surface area contributed by atoms with Crippen LogP contribution < -0.4 is 10.5 Å². The van der Waals surface area contributed by atoms with E-state index in [1.54, 1.807) is 6.07 Å². The molecule has 7 nitrogen and oxygen atoms in total. The Labute approximate surface area is 98.1 Å². The van der Waals surface area contributed by atoms with E-state index in [-0.39, 0.29) is 11.4 Å². The fourth-order valence-corrected chi connectivity index (χ4v) is 2.19. The molecule has 2 heterocycles. The minimum atomic E-state index is -3.62. The molecule has 2 aromatic rings. The molecule has 4 N–H and O–H groups in total. The van der Waals surface area contributed by atoms with Crippen LogP contribution in [-0.2, 0) is 16.6 Å². The summed E-state index contributed by atoms with van der Waals surface area (Å²) in [5.74, 6) is 0. The summed E-state index contributed by atoms with van der Waals surface area (Å²) in [4.78, 5) is 4.00. The lowest BCUT2D eigenvalue weighted by atomic mass is 10.4. The summed E-state index contributed by atoms with van der Waals surface area (Å²) in [5.41, 5.74) is 6.38. The molecule has 0 fully saturated rings. The Morgan fingerprint density at radius 2 is 2.18 bits per heavy atom. The van der Waals surface area contributed by atoms with Gasteiger partial charge in [-0.3, -0.25) is 14.8 Å². The molecule has 2 rings (SSSR count). The summed E-state index contributed by atoms with van der Waals surface area (Å²) in [6.07, 6.45) is 4.09. The topological polar surface area (TPSA) is 114 Å². The van der Waals surface area contributed by atoms with Crippen LogP contribution in [0.2, 0.25) is 0 Å². The Bertz CT molecular complexity index is 576. The van der Waals surface area contributed by atoms with E-state index in [0.717, 1.165) is 0 Å². The van der Waals surface area contributed by atoms with Gasteiger partial charge < -0.3 is 5.73 Å². The zero-order valence-electron chi connectivity index (χ0n) is 8.79. The molecule has 0 bridgehead atoms. The maximum absolute atomic E-state index is 11.9. The zero-order chi connectivity index (χ0) is 12.3. The normalized spacial score (nSPS) is 11.4. The second-order valence-electron chi connectivity index (χ2n) is 3.28. The van der Waals surface area contributed by atoms with Gasteiger partial charge in [-0.2, -0.15) is 5.10 Å². The smallest absolute Gasteiger partial charge is 0.263 e. The van der Waals surface area contributed by atoms with Crippen molar-refractivity contribution in [3.8, 4) is 0 Å². The molecule has 0 aliphatic heterocycles. The number of anilines is 1. The lowest BCUT2D eigenvalue weighted by Crippen LogP contribution is -2.13. The number of nitrogens with two attached hydrogens (primary N) is 1. The Morgan fingerprint density at radius 1 is 1.35 bits per heavy atom. The first-order valence-corrected chi connectivity index (χ1v) is 6.27. The number of hydrogen-bond donors (Lipinski definition) is 3. The number of nitrogens with zero attached hydrogens (tertiary/aromatic N) is 2. The summed E-state index contributed by atoms with van der Waals surface area (Å²) in [5, 5.41) is 6.16. The van der Waals surface area contributed by atoms with Gasteiger partial charge in [0.1, 0.15) is 4.90 Å².